The summed E-state index contributed by atoms with van der Waals surface area (Å²) in [5.41, 5.74) is 10.4. The van der Waals surface area contributed by atoms with Crippen LogP contribution in [0.2, 0.25) is 0 Å². The van der Waals surface area contributed by atoms with Crippen molar-refractivity contribution in [3.63, 3.8) is 0 Å². The first-order valence-corrected chi connectivity index (χ1v) is 9.11. The molecule has 6 nitrogen and oxygen atoms in total. The Morgan fingerprint density at radius 1 is 1.15 bits per heavy atom. The lowest BCUT2D eigenvalue weighted by Crippen LogP contribution is -2.10. The maximum atomic E-state index is 5.76. The van der Waals surface area contributed by atoms with Crippen molar-refractivity contribution < 1.29 is 0 Å². The molecule has 0 saturated heterocycles. The lowest BCUT2D eigenvalue weighted by atomic mass is 10.1. The standard InChI is InChI=1S/C20H26N6/c1-3-4-11-23-19-16(12-24-20(21)25-19)9-10-17-13-22-14-26(17)18-8-6-5-7-15(18)2/h5-8,12-14H,3-4,9-11H2,1-2H3,(H3,21,23,24,25). The highest BCUT2D eigenvalue weighted by molar-refractivity contribution is 5.46. The van der Waals surface area contributed by atoms with E-state index in [1.54, 1.807) is 0 Å². The van der Waals surface area contributed by atoms with Gasteiger partial charge < -0.3 is 15.6 Å². The molecular formula is C20H26N6. The van der Waals surface area contributed by atoms with Crippen molar-refractivity contribution in [2.24, 2.45) is 0 Å². The number of nitrogens with zero attached hydrogens (tertiary/aromatic N) is 4. The van der Waals surface area contributed by atoms with E-state index in [9.17, 15) is 0 Å². The number of nitrogens with one attached hydrogen (secondary N) is 1. The van der Waals surface area contributed by atoms with Gasteiger partial charge in [0.25, 0.3) is 0 Å². The number of nitrogens with two attached hydrogens (primary N) is 1. The number of hydrogen-bond acceptors (Lipinski definition) is 5. The summed E-state index contributed by atoms with van der Waals surface area (Å²) < 4.78 is 2.15. The SMILES string of the molecule is CCCCNc1nc(N)ncc1CCc1cncn1-c1ccccc1C. The number of anilines is 2. The van der Waals surface area contributed by atoms with Crippen LogP contribution < -0.4 is 11.1 Å². The van der Waals surface area contributed by atoms with Gasteiger partial charge >= 0.3 is 0 Å². The van der Waals surface area contributed by atoms with E-state index in [1.165, 1.54) is 5.56 Å². The summed E-state index contributed by atoms with van der Waals surface area (Å²) in [6.07, 6.45) is 9.54. The predicted octanol–water partition coefficient (Wildman–Crippen LogP) is 3.55. The van der Waals surface area contributed by atoms with E-state index in [-0.39, 0.29) is 0 Å². The summed E-state index contributed by atoms with van der Waals surface area (Å²) in [7, 11) is 0. The molecule has 0 spiro atoms. The van der Waals surface area contributed by atoms with Crippen LogP contribution >= 0.6 is 0 Å². The van der Waals surface area contributed by atoms with Gasteiger partial charge in [0.2, 0.25) is 5.95 Å². The number of benzene rings is 1. The molecule has 3 rings (SSSR count). The predicted molar refractivity (Wildman–Crippen MR) is 106 cm³/mol. The molecule has 0 aliphatic rings. The maximum Gasteiger partial charge on any atom is 0.221 e. The molecular weight excluding hydrogens is 324 g/mol. The highest BCUT2D eigenvalue weighted by atomic mass is 15.1. The van der Waals surface area contributed by atoms with Gasteiger partial charge in [-0.3, -0.25) is 0 Å². The van der Waals surface area contributed by atoms with Crippen LogP contribution in [0.25, 0.3) is 5.69 Å². The van der Waals surface area contributed by atoms with E-state index < -0.39 is 0 Å². The van der Waals surface area contributed by atoms with E-state index in [1.807, 2.05) is 18.7 Å². The first kappa shape index (κ1) is 17.9. The molecule has 0 radical (unpaired) electrons. The molecule has 2 aromatic heterocycles. The number of aryl methyl sites for hydroxylation is 3. The zero-order chi connectivity index (χ0) is 18.4. The second-order valence-corrected chi connectivity index (χ2v) is 6.42. The Bertz CT molecular complexity index is 855. The van der Waals surface area contributed by atoms with Crippen molar-refractivity contribution in [1.29, 1.82) is 0 Å². The minimum absolute atomic E-state index is 0.303. The molecule has 0 atom stereocenters. The second kappa shape index (κ2) is 8.47. The molecule has 0 fully saturated rings. The van der Waals surface area contributed by atoms with Gasteiger partial charge in [0.1, 0.15) is 5.82 Å². The van der Waals surface area contributed by atoms with Gasteiger partial charge in [-0.05, 0) is 37.8 Å². The average Bonchev–Trinajstić information content (AvgIpc) is 3.10. The summed E-state index contributed by atoms with van der Waals surface area (Å²) in [4.78, 5) is 12.9. The average molecular weight is 350 g/mol. The largest absolute Gasteiger partial charge is 0.370 e. The number of unbranched alkanes of at least 4 members (excludes halogenated alkanes) is 1. The first-order valence-electron chi connectivity index (χ1n) is 9.11. The quantitative estimate of drug-likeness (QED) is 0.607. The summed E-state index contributed by atoms with van der Waals surface area (Å²) in [5.74, 6) is 1.14. The summed E-state index contributed by atoms with van der Waals surface area (Å²) >= 11 is 0. The van der Waals surface area contributed by atoms with Crippen LogP contribution in [0, 0.1) is 6.92 Å². The van der Waals surface area contributed by atoms with E-state index in [0.717, 1.165) is 55.0 Å². The van der Waals surface area contributed by atoms with Crippen LogP contribution in [-0.2, 0) is 12.8 Å². The summed E-state index contributed by atoms with van der Waals surface area (Å²) in [5, 5.41) is 3.39. The molecule has 3 aromatic rings. The number of aromatic nitrogens is 4. The van der Waals surface area contributed by atoms with Crippen molar-refractivity contribution in [2.75, 3.05) is 17.6 Å². The third-order valence-corrected chi connectivity index (χ3v) is 4.45. The Kier molecular flexibility index (Phi) is 5.84. The summed E-state index contributed by atoms with van der Waals surface area (Å²) in [6, 6.07) is 8.33. The van der Waals surface area contributed by atoms with Gasteiger partial charge in [-0.15, -0.1) is 0 Å². The fraction of sp³-hybridized carbons (Fsp3) is 0.350. The Labute approximate surface area is 154 Å². The smallest absolute Gasteiger partial charge is 0.221 e. The molecule has 0 unspecified atom stereocenters. The minimum atomic E-state index is 0.303. The van der Waals surface area contributed by atoms with E-state index >= 15 is 0 Å². The van der Waals surface area contributed by atoms with Crippen LogP contribution in [0.1, 0.15) is 36.6 Å². The molecule has 2 heterocycles. The lowest BCUT2D eigenvalue weighted by molar-refractivity contribution is 0.820. The zero-order valence-electron chi connectivity index (χ0n) is 15.4. The van der Waals surface area contributed by atoms with Crippen molar-refractivity contribution >= 4 is 11.8 Å². The van der Waals surface area contributed by atoms with E-state index in [0.29, 0.717) is 5.95 Å². The molecule has 6 heteroatoms. The monoisotopic (exact) mass is 350 g/mol. The Morgan fingerprint density at radius 2 is 2.00 bits per heavy atom. The number of para-hydroxylation sites is 1. The van der Waals surface area contributed by atoms with Crippen LogP contribution in [0.3, 0.4) is 0 Å². The molecule has 0 aliphatic carbocycles. The Hall–Kier alpha value is -2.89. The van der Waals surface area contributed by atoms with Crippen LogP contribution in [-0.4, -0.2) is 26.1 Å². The second-order valence-electron chi connectivity index (χ2n) is 6.42. The molecule has 0 saturated carbocycles. The van der Waals surface area contributed by atoms with Gasteiger partial charge in [-0.1, -0.05) is 31.5 Å². The zero-order valence-corrected chi connectivity index (χ0v) is 15.4. The molecule has 3 N–H and O–H groups in total. The van der Waals surface area contributed by atoms with Crippen molar-refractivity contribution in [2.45, 2.75) is 39.5 Å². The third kappa shape index (κ3) is 4.20. The van der Waals surface area contributed by atoms with Gasteiger partial charge in [-0.25, -0.2) is 9.97 Å². The lowest BCUT2D eigenvalue weighted by Gasteiger charge is -2.13. The molecule has 0 amide bonds. The summed E-state index contributed by atoms with van der Waals surface area (Å²) in [6.45, 7) is 5.17. The first-order chi connectivity index (χ1) is 12.7. The molecule has 1 aromatic carbocycles. The van der Waals surface area contributed by atoms with Crippen LogP contribution in [0.4, 0.5) is 11.8 Å². The molecule has 26 heavy (non-hydrogen) atoms. The maximum absolute atomic E-state index is 5.76. The van der Waals surface area contributed by atoms with Crippen molar-refractivity contribution in [3.05, 3.63) is 59.8 Å². The number of imidazole rings is 1. The van der Waals surface area contributed by atoms with Crippen LogP contribution in [0.5, 0.6) is 0 Å². The molecule has 136 valence electrons. The third-order valence-electron chi connectivity index (χ3n) is 4.45. The fourth-order valence-electron chi connectivity index (χ4n) is 2.96. The number of hydrogen-bond donors (Lipinski definition) is 2. The highest BCUT2D eigenvalue weighted by Gasteiger charge is 2.10. The number of rotatable bonds is 8. The minimum Gasteiger partial charge on any atom is -0.370 e. The van der Waals surface area contributed by atoms with Gasteiger partial charge in [0, 0.05) is 35.9 Å². The van der Waals surface area contributed by atoms with Gasteiger partial charge in [0.15, 0.2) is 0 Å². The fourth-order valence-corrected chi connectivity index (χ4v) is 2.96. The topological polar surface area (TPSA) is 81.7 Å². The molecule has 0 bridgehead atoms. The molecule has 0 aliphatic heterocycles. The van der Waals surface area contributed by atoms with E-state index in [2.05, 4.69) is 62.9 Å². The normalized spacial score (nSPS) is 10.8. The van der Waals surface area contributed by atoms with Crippen molar-refractivity contribution in [1.82, 2.24) is 19.5 Å². The number of nitrogen functional groups attached to an aromatic ring is 1. The Balaban J connectivity index is 1.76. The van der Waals surface area contributed by atoms with Crippen LogP contribution in [0.15, 0.2) is 43.0 Å². The van der Waals surface area contributed by atoms with Gasteiger partial charge in [0.05, 0.1) is 6.33 Å². The van der Waals surface area contributed by atoms with Crippen molar-refractivity contribution in [3.8, 4) is 5.69 Å². The van der Waals surface area contributed by atoms with Gasteiger partial charge in [-0.2, -0.15) is 4.98 Å². The highest BCUT2D eigenvalue weighted by Crippen LogP contribution is 2.19. The Morgan fingerprint density at radius 3 is 2.81 bits per heavy atom. The van der Waals surface area contributed by atoms with E-state index in [4.69, 9.17) is 5.73 Å².